The second-order valence-corrected chi connectivity index (χ2v) is 12.7. The number of ketones is 1. The van der Waals surface area contributed by atoms with E-state index in [2.05, 4.69) is 17.0 Å². The van der Waals surface area contributed by atoms with Gasteiger partial charge in [-0.15, -0.1) is 0 Å². The Bertz CT molecular complexity index is 1240. The van der Waals surface area contributed by atoms with E-state index in [1.807, 2.05) is 0 Å². The maximum atomic E-state index is 13.7. The second kappa shape index (κ2) is 14.3. The Balaban J connectivity index is 2.40. The molecule has 0 fully saturated rings. The van der Waals surface area contributed by atoms with E-state index in [0.717, 1.165) is 19.3 Å². The monoisotopic (exact) mass is 584 g/mol. The Labute approximate surface area is 236 Å². The molecule has 10 heteroatoms. The van der Waals surface area contributed by atoms with Crippen LogP contribution in [-0.4, -0.2) is 26.7 Å². The lowest BCUT2D eigenvalue weighted by Crippen LogP contribution is -2.25. The van der Waals surface area contributed by atoms with Crippen molar-refractivity contribution in [2.45, 2.75) is 84.6 Å². The average Bonchev–Trinajstić information content (AvgIpc) is 2.82. The van der Waals surface area contributed by atoms with Crippen LogP contribution < -0.4 is 10.0 Å². The van der Waals surface area contributed by atoms with Gasteiger partial charge in [0.25, 0.3) is 10.0 Å². The number of sulfonamides is 1. The van der Waals surface area contributed by atoms with Gasteiger partial charge in [0.2, 0.25) is 5.91 Å². The van der Waals surface area contributed by atoms with Crippen LogP contribution in [0.2, 0.25) is 10.0 Å². The van der Waals surface area contributed by atoms with Crippen molar-refractivity contribution in [3.8, 4) is 0 Å². The number of carbonyl (C=O) groups excluding carboxylic acids is 2. The van der Waals surface area contributed by atoms with Gasteiger partial charge in [-0.2, -0.15) is 0 Å². The van der Waals surface area contributed by atoms with E-state index in [1.165, 1.54) is 50.5 Å². The number of hydrogen-bond acceptors (Lipinski definition) is 5. The Morgan fingerprint density at radius 3 is 2.24 bits per heavy atom. The van der Waals surface area contributed by atoms with Crippen molar-refractivity contribution in [1.82, 2.24) is 0 Å². The first-order chi connectivity index (χ1) is 17.8. The van der Waals surface area contributed by atoms with Crippen molar-refractivity contribution in [2.75, 3.05) is 16.6 Å². The molecule has 0 spiro atoms. The number of carbonyl (C=O) groups is 2. The molecule has 2 rings (SSSR count). The third-order valence-electron chi connectivity index (χ3n) is 5.86. The Kier molecular flexibility index (Phi) is 12.1. The number of ether oxygens (including phenoxy) is 1. The first kappa shape index (κ1) is 32.1. The molecular weight excluding hydrogens is 547 g/mol. The summed E-state index contributed by atoms with van der Waals surface area (Å²) in [4.78, 5) is 25.1. The number of anilines is 2. The van der Waals surface area contributed by atoms with Gasteiger partial charge in [-0.05, 0) is 30.7 Å². The molecular formula is C28H38Cl2N2O5S. The van der Waals surface area contributed by atoms with E-state index in [-0.39, 0.29) is 44.3 Å². The van der Waals surface area contributed by atoms with Gasteiger partial charge in [0.05, 0.1) is 33.5 Å². The zero-order valence-corrected chi connectivity index (χ0v) is 25.1. The van der Waals surface area contributed by atoms with E-state index in [4.69, 9.17) is 27.9 Å². The molecule has 2 N–H and O–H groups in total. The Morgan fingerprint density at radius 2 is 1.61 bits per heavy atom. The number of rotatable bonds is 14. The number of hydrogen-bond donors (Lipinski definition) is 2. The standard InChI is InChI=1S/C28H38Cl2N2O5S/c1-6-7-8-9-10-11-17-37-18-20-21(29)13-12-14-24(20)38(35,36)32-26-23(31-19(2)33)16-15-22(30)25(26)27(34)28(3,4)5/h12-16,32H,6-11,17-18H2,1-5H3,(H,31,33). The number of unbranched alkanes of at least 4 members (excludes halogenated alkanes) is 5. The molecule has 38 heavy (non-hydrogen) atoms. The molecule has 0 atom stereocenters. The van der Waals surface area contributed by atoms with E-state index < -0.39 is 21.3 Å². The molecule has 0 aromatic heterocycles. The van der Waals surface area contributed by atoms with Crippen LogP contribution in [0.3, 0.4) is 0 Å². The van der Waals surface area contributed by atoms with E-state index >= 15 is 0 Å². The molecule has 0 saturated carbocycles. The summed E-state index contributed by atoms with van der Waals surface area (Å²) >= 11 is 12.8. The van der Waals surface area contributed by atoms with Gasteiger partial charge in [0.15, 0.2) is 5.78 Å². The molecule has 1 amide bonds. The molecule has 0 bridgehead atoms. The summed E-state index contributed by atoms with van der Waals surface area (Å²) in [6.45, 7) is 9.04. The number of benzene rings is 2. The summed E-state index contributed by atoms with van der Waals surface area (Å²) < 4.78 is 35.7. The van der Waals surface area contributed by atoms with Gasteiger partial charge >= 0.3 is 0 Å². The van der Waals surface area contributed by atoms with Gasteiger partial charge in [-0.3, -0.25) is 14.3 Å². The van der Waals surface area contributed by atoms with Crippen LogP contribution in [0.4, 0.5) is 11.4 Å². The zero-order valence-electron chi connectivity index (χ0n) is 22.7. The molecule has 210 valence electrons. The first-order valence-corrected chi connectivity index (χ1v) is 15.1. The fraction of sp³-hybridized carbons (Fsp3) is 0.500. The summed E-state index contributed by atoms with van der Waals surface area (Å²) in [6, 6.07) is 7.45. The fourth-order valence-corrected chi connectivity index (χ4v) is 5.72. The lowest BCUT2D eigenvalue weighted by molar-refractivity contribution is -0.114. The third kappa shape index (κ3) is 8.97. The Morgan fingerprint density at radius 1 is 0.947 bits per heavy atom. The predicted molar refractivity (Wildman–Crippen MR) is 155 cm³/mol. The first-order valence-electron chi connectivity index (χ1n) is 12.8. The normalized spacial score (nSPS) is 11.9. The molecule has 7 nitrogen and oxygen atoms in total. The van der Waals surface area contributed by atoms with Gasteiger partial charge in [0.1, 0.15) is 0 Å². The summed E-state index contributed by atoms with van der Waals surface area (Å²) in [5.41, 5.74) is -0.589. The van der Waals surface area contributed by atoms with Crippen LogP contribution in [0.5, 0.6) is 0 Å². The van der Waals surface area contributed by atoms with Gasteiger partial charge in [0, 0.05) is 29.5 Å². The number of Topliss-reactive ketones (excluding diaryl/α,β-unsaturated/α-hetero) is 1. The van der Waals surface area contributed by atoms with Gasteiger partial charge in [-0.25, -0.2) is 8.42 Å². The van der Waals surface area contributed by atoms with Crippen molar-refractivity contribution in [3.05, 3.63) is 51.5 Å². The van der Waals surface area contributed by atoms with Crippen LogP contribution in [0.1, 0.15) is 89.1 Å². The van der Waals surface area contributed by atoms with Crippen LogP contribution in [0, 0.1) is 5.41 Å². The minimum absolute atomic E-state index is 0.00670. The second-order valence-electron chi connectivity index (χ2n) is 10.2. The highest BCUT2D eigenvalue weighted by molar-refractivity contribution is 7.92. The minimum Gasteiger partial charge on any atom is -0.377 e. The maximum absolute atomic E-state index is 13.7. The zero-order chi connectivity index (χ0) is 28.5. The quantitative estimate of drug-likeness (QED) is 0.174. The lowest BCUT2D eigenvalue weighted by Gasteiger charge is -2.23. The van der Waals surface area contributed by atoms with Crippen LogP contribution in [0.15, 0.2) is 35.2 Å². The van der Waals surface area contributed by atoms with Crippen molar-refractivity contribution >= 4 is 56.3 Å². The molecule has 0 radical (unpaired) electrons. The van der Waals surface area contributed by atoms with Crippen LogP contribution >= 0.6 is 23.2 Å². The van der Waals surface area contributed by atoms with Crippen molar-refractivity contribution in [3.63, 3.8) is 0 Å². The third-order valence-corrected chi connectivity index (χ3v) is 7.97. The van der Waals surface area contributed by atoms with Crippen molar-refractivity contribution in [1.29, 1.82) is 0 Å². The van der Waals surface area contributed by atoms with Gasteiger partial charge < -0.3 is 10.1 Å². The SMILES string of the molecule is CCCCCCCCOCc1c(Cl)cccc1S(=O)(=O)Nc1c(NC(C)=O)ccc(Cl)c1C(=O)C(C)(C)C. The highest BCUT2D eigenvalue weighted by Crippen LogP contribution is 2.38. The number of nitrogens with one attached hydrogen (secondary N) is 2. The van der Waals surface area contributed by atoms with Crippen molar-refractivity contribution < 1.29 is 22.7 Å². The van der Waals surface area contributed by atoms with Crippen LogP contribution in [0.25, 0.3) is 0 Å². The predicted octanol–water partition coefficient (Wildman–Crippen LogP) is 7.86. The summed E-state index contributed by atoms with van der Waals surface area (Å²) in [7, 11) is -4.28. The summed E-state index contributed by atoms with van der Waals surface area (Å²) in [5.74, 6) is -0.825. The Hall–Kier alpha value is -2.13. The topological polar surface area (TPSA) is 102 Å². The van der Waals surface area contributed by atoms with E-state index in [0.29, 0.717) is 12.2 Å². The molecule has 0 heterocycles. The lowest BCUT2D eigenvalue weighted by atomic mass is 9.85. The smallest absolute Gasteiger partial charge is 0.262 e. The molecule has 0 aliphatic heterocycles. The maximum Gasteiger partial charge on any atom is 0.262 e. The molecule has 0 aliphatic rings. The highest BCUT2D eigenvalue weighted by atomic mass is 35.5. The largest absolute Gasteiger partial charge is 0.377 e. The van der Waals surface area contributed by atoms with E-state index in [9.17, 15) is 18.0 Å². The summed E-state index contributed by atoms with van der Waals surface area (Å²) in [5, 5.41) is 2.89. The van der Waals surface area contributed by atoms with Gasteiger partial charge in [-0.1, -0.05) is 89.1 Å². The number of halogens is 2. The van der Waals surface area contributed by atoms with Crippen LogP contribution in [-0.2, 0) is 26.2 Å². The molecule has 2 aromatic rings. The summed E-state index contributed by atoms with van der Waals surface area (Å²) in [6.07, 6.45) is 6.64. The molecule has 0 unspecified atom stereocenters. The van der Waals surface area contributed by atoms with Crippen molar-refractivity contribution in [2.24, 2.45) is 5.41 Å². The van der Waals surface area contributed by atoms with E-state index in [1.54, 1.807) is 26.8 Å². The molecule has 0 saturated heterocycles. The molecule has 2 aromatic carbocycles. The minimum atomic E-state index is -4.28. The average molecular weight is 586 g/mol. The molecule has 0 aliphatic carbocycles. The highest BCUT2D eigenvalue weighted by Gasteiger charge is 2.31. The number of amides is 1. The fourth-order valence-electron chi connectivity index (χ4n) is 3.85.